The summed E-state index contributed by atoms with van der Waals surface area (Å²) in [7, 11) is 2.05. The standard InChI is InChI=1S/C21H19N5O/c1-12-8-16(24-22-12)14-4-6-18-20(10-14)27-21-11-15(5-7-19(21)26(18)3)17-9-13(2)23-25-17/h4-11H,1-3H3,(H,22,24)(H,23,25). The van der Waals surface area contributed by atoms with Gasteiger partial charge in [-0.25, -0.2) is 0 Å². The quantitative estimate of drug-likeness (QED) is 0.532. The van der Waals surface area contributed by atoms with E-state index in [1.165, 1.54) is 0 Å². The highest BCUT2D eigenvalue weighted by molar-refractivity contribution is 5.82. The SMILES string of the molecule is Cc1cc(-c2ccc3c(c2)Oc2cc(-c4cc(C)[nH]n4)ccc2N3C)n[nH]1. The number of benzene rings is 2. The minimum atomic E-state index is 0.818. The van der Waals surface area contributed by atoms with Gasteiger partial charge in [0.05, 0.1) is 22.8 Å². The lowest BCUT2D eigenvalue weighted by Gasteiger charge is -2.30. The van der Waals surface area contributed by atoms with E-state index in [1.807, 2.05) is 38.1 Å². The molecular weight excluding hydrogens is 338 g/mol. The Labute approximate surface area is 156 Å². The molecule has 2 aromatic heterocycles. The smallest absolute Gasteiger partial charge is 0.151 e. The molecule has 0 saturated heterocycles. The molecule has 1 aliphatic heterocycles. The lowest BCUT2D eigenvalue weighted by Crippen LogP contribution is -2.15. The summed E-state index contributed by atoms with van der Waals surface area (Å²) in [6.07, 6.45) is 0. The highest BCUT2D eigenvalue weighted by atomic mass is 16.5. The topological polar surface area (TPSA) is 69.8 Å². The van der Waals surface area contributed by atoms with Crippen molar-refractivity contribution in [2.75, 3.05) is 11.9 Å². The Morgan fingerprint density at radius 3 is 1.63 bits per heavy atom. The largest absolute Gasteiger partial charge is 0.453 e. The first-order chi connectivity index (χ1) is 13.1. The van der Waals surface area contributed by atoms with Crippen molar-refractivity contribution in [3.05, 3.63) is 59.9 Å². The van der Waals surface area contributed by atoms with Gasteiger partial charge in [0.1, 0.15) is 0 Å². The van der Waals surface area contributed by atoms with Gasteiger partial charge in [-0.2, -0.15) is 10.2 Å². The fourth-order valence-corrected chi connectivity index (χ4v) is 3.44. The normalized spacial score (nSPS) is 12.5. The van der Waals surface area contributed by atoms with Crippen molar-refractivity contribution >= 4 is 11.4 Å². The Hall–Kier alpha value is -3.54. The average molecular weight is 357 g/mol. The molecule has 134 valence electrons. The average Bonchev–Trinajstić information content (AvgIpc) is 3.29. The van der Waals surface area contributed by atoms with Gasteiger partial charge in [-0.3, -0.25) is 10.2 Å². The lowest BCUT2D eigenvalue weighted by molar-refractivity contribution is 0.476. The summed E-state index contributed by atoms with van der Waals surface area (Å²) in [5.41, 5.74) is 7.99. The van der Waals surface area contributed by atoms with E-state index < -0.39 is 0 Å². The van der Waals surface area contributed by atoms with E-state index in [0.29, 0.717) is 0 Å². The van der Waals surface area contributed by atoms with Crippen molar-refractivity contribution < 1.29 is 4.74 Å². The Bertz CT molecular complexity index is 1070. The maximum absolute atomic E-state index is 6.27. The summed E-state index contributed by atoms with van der Waals surface area (Å²) in [5.74, 6) is 1.64. The van der Waals surface area contributed by atoms with Crippen LogP contribution in [0.15, 0.2) is 48.5 Å². The Morgan fingerprint density at radius 1 is 0.741 bits per heavy atom. The van der Waals surface area contributed by atoms with Gasteiger partial charge >= 0.3 is 0 Å². The van der Waals surface area contributed by atoms with Crippen molar-refractivity contribution in [3.8, 4) is 34.0 Å². The monoisotopic (exact) mass is 357 g/mol. The first kappa shape index (κ1) is 15.7. The number of nitrogens with zero attached hydrogens (tertiary/aromatic N) is 3. The van der Waals surface area contributed by atoms with Crippen LogP contribution in [0, 0.1) is 13.8 Å². The number of aryl methyl sites for hydroxylation is 2. The number of rotatable bonds is 2. The van der Waals surface area contributed by atoms with Crippen LogP contribution in [0.3, 0.4) is 0 Å². The number of hydrogen-bond acceptors (Lipinski definition) is 4. The van der Waals surface area contributed by atoms with Crippen LogP contribution in [-0.2, 0) is 0 Å². The molecular formula is C21H19N5O. The fraction of sp³-hybridized carbons (Fsp3) is 0.143. The molecule has 0 unspecified atom stereocenters. The minimum Gasteiger partial charge on any atom is -0.453 e. The first-order valence-corrected chi connectivity index (χ1v) is 8.83. The summed E-state index contributed by atoms with van der Waals surface area (Å²) < 4.78 is 6.27. The van der Waals surface area contributed by atoms with Gasteiger partial charge in [0.25, 0.3) is 0 Å². The Kier molecular flexibility index (Phi) is 3.33. The number of nitrogens with one attached hydrogen (secondary N) is 2. The summed E-state index contributed by atoms with van der Waals surface area (Å²) in [6.45, 7) is 3.99. The van der Waals surface area contributed by atoms with E-state index in [2.05, 4.69) is 56.6 Å². The van der Waals surface area contributed by atoms with Gasteiger partial charge < -0.3 is 9.64 Å². The van der Waals surface area contributed by atoms with Crippen molar-refractivity contribution in [2.24, 2.45) is 0 Å². The number of H-pyrrole nitrogens is 2. The lowest BCUT2D eigenvalue weighted by atomic mass is 10.1. The van der Waals surface area contributed by atoms with Gasteiger partial charge in [0.15, 0.2) is 11.5 Å². The van der Waals surface area contributed by atoms with E-state index >= 15 is 0 Å². The third-order valence-corrected chi connectivity index (χ3v) is 4.87. The van der Waals surface area contributed by atoms with Crippen molar-refractivity contribution in [3.63, 3.8) is 0 Å². The van der Waals surface area contributed by atoms with Crippen molar-refractivity contribution in [1.82, 2.24) is 20.4 Å². The molecule has 6 nitrogen and oxygen atoms in total. The van der Waals surface area contributed by atoms with E-state index in [9.17, 15) is 0 Å². The molecule has 2 aromatic carbocycles. The predicted octanol–water partition coefficient (Wildman–Crippen LogP) is 4.96. The number of hydrogen-bond donors (Lipinski definition) is 2. The molecule has 0 fully saturated rings. The maximum Gasteiger partial charge on any atom is 0.151 e. The highest BCUT2D eigenvalue weighted by Crippen LogP contribution is 2.47. The molecule has 0 saturated carbocycles. The van der Waals surface area contributed by atoms with Crippen LogP contribution >= 0.6 is 0 Å². The molecule has 0 spiro atoms. The Morgan fingerprint density at radius 2 is 1.22 bits per heavy atom. The first-order valence-electron chi connectivity index (χ1n) is 8.83. The zero-order valence-corrected chi connectivity index (χ0v) is 15.4. The van der Waals surface area contributed by atoms with Crippen LogP contribution in [0.1, 0.15) is 11.4 Å². The number of anilines is 2. The second-order valence-electron chi connectivity index (χ2n) is 6.90. The second kappa shape index (κ2) is 5.74. The van der Waals surface area contributed by atoms with Crippen molar-refractivity contribution in [1.29, 1.82) is 0 Å². The third-order valence-electron chi connectivity index (χ3n) is 4.87. The highest BCUT2D eigenvalue weighted by Gasteiger charge is 2.23. The van der Waals surface area contributed by atoms with Crippen molar-refractivity contribution in [2.45, 2.75) is 13.8 Å². The van der Waals surface area contributed by atoms with Crippen LogP contribution in [0.5, 0.6) is 11.5 Å². The molecule has 6 heteroatoms. The van der Waals surface area contributed by atoms with Crippen LogP contribution in [-0.4, -0.2) is 27.4 Å². The minimum absolute atomic E-state index is 0.818. The third kappa shape index (κ3) is 2.57. The van der Waals surface area contributed by atoms with Crippen LogP contribution < -0.4 is 9.64 Å². The molecule has 0 atom stereocenters. The van der Waals surface area contributed by atoms with Gasteiger partial charge in [0, 0.05) is 29.6 Å². The van der Waals surface area contributed by atoms with Gasteiger partial charge in [0.2, 0.25) is 0 Å². The van der Waals surface area contributed by atoms with Gasteiger partial charge in [-0.05, 0) is 50.2 Å². The summed E-state index contributed by atoms with van der Waals surface area (Å²) in [5, 5.41) is 14.7. The second-order valence-corrected chi connectivity index (χ2v) is 6.90. The number of fused-ring (bicyclic) bond motifs is 2. The number of ether oxygens (including phenoxy) is 1. The zero-order chi connectivity index (χ0) is 18.5. The summed E-state index contributed by atoms with van der Waals surface area (Å²) in [6, 6.07) is 16.4. The van der Waals surface area contributed by atoms with Crippen LogP contribution in [0.2, 0.25) is 0 Å². The molecule has 1 aliphatic rings. The fourth-order valence-electron chi connectivity index (χ4n) is 3.44. The summed E-state index contributed by atoms with van der Waals surface area (Å²) >= 11 is 0. The molecule has 0 bridgehead atoms. The summed E-state index contributed by atoms with van der Waals surface area (Å²) in [4.78, 5) is 2.15. The van der Waals surface area contributed by atoms with Gasteiger partial charge in [-0.1, -0.05) is 12.1 Å². The van der Waals surface area contributed by atoms with Crippen LogP contribution in [0.4, 0.5) is 11.4 Å². The zero-order valence-electron chi connectivity index (χ0n) is 15.4. The molecule has 27 heavy (non-hydrogen) atoms. The molecule has 5 rings (SSSR count). The maximum atomic E-state index is 6.27. The molecule has 3 heterocycles. The molecule has 0 amide bonds. The molecule has 4 aromatic rings. The molecule has 0 radical (unpaired) electrons. The predicted molar refractivity (Wildman–Crippen MR) is 106 cm³/mol. The van der Waals surface area contributed by atoms with E-state index in [1.54, 1.807) is 0 Å². The van der Waals surface area contributed by atoms with Gasteiger partial charge in [-0.15, -0.1) is 0 Å². The molecule has 2 N–H and O–H groups in total. The molecule has 0 aliphatic carbocycles. The Balaban J connectivity index is 1.56. The van der Waals surface area contributed by atoms with Crippen LogP contribution in [0.25, 0.3) is 22.5 Å². The van der Waals surface area contributed by atoms with E-state index in [4.69, 9.17) is 4.74 Å². The number of aromatic nitrogens is 4. The van der Waals surface area contributed by atoms with E-state index in [0.717, 1.165) is 56.8 Å². The van der Waals surface area contributed by atoms with E-state index in [-0.39, 0.29) is 0 Å². The number of aromatic amines is 2.